The van der Waals surface area contributed by atoms with E-state index in [1.165, 1.54) is 54.7 Å². The first-order chi connectivity index (χ1) is 17.0. The lowest BCUT2D eigenvalue weighted by Gasteiger charge is -2.18. The highest BCUT2D eigenvalue weighted by Gasteiger charge is 2.28. The van der Waals surface area contributed by atoms with Crippen LogP contribution in [0, 0.1) is 18.9 Å². The third-order valence-electron chi connectivity index (χ3n) is 7.47. The van der Waals surface area contributed by atoms with Gasteiger partial charge in [-0.2, -0.15) is 0 Å². The van der Waals surface area contributed by atoms with Crippen molar-refractivity contribution in [1.29, 1.82) is 0 Å². The van der Waals surface area contributed by atoms with Crippen LogP contribution in [0.5, 0.6) is 0 Å². The number of benzene rings is 3. The van der Waals surface area contributed by atoms with Crippen molar-refractivity contribution in [3.63, 3.8) is 0 Å². The monoisotopic (exact) mass is 473 g/mol. The second-order valence-electron chi connectivity index (χ2n) is 12.4. The molecule has 0 aliphatic rings. The Morgan fingerprint density at radius 2 is 1.61 bits per heavy atom. The smallest absolute Gasteiger partial charge is 0.287 e. The van der Waals surface area contributed by atoms with Crippen molar-refractivity contribution in [2.75, 3.05) is 0 Å². The van der Waals surface area contributed by atoms with Crippen molar-refractivity contribution in [3.05, 3.63) is 76.9 Å². The second kappa shape index (κ2) is 7.40. The zero-order chi connectivity index (χ0) is 25.6. The normalized spacial score (nSPS) is 13.1. The van der Waals surface area contributed by atoms with Gasteiger partial charge in [-0.25, -0.2) is 11.1 Å². The first-order valence-corrected chi connectivity index (χ1v) is 12.7. The summed E-state index contributed by atoms with van der Waals surface area (Å²) in [5.41, 5.74) is 9.45. The SMILES string of the molecule is [C-]#[N+]C(C)(C)Cc1cc2nc[n+](C)c3c4c(C)ccc5c6ccc(CC(C)(C)C)cc6n(c(c1)c23)c54. The van der Waals surface area contributed by atoms with Gasteiger partial charge in [0.2, 0.25) is 5.54 Å². The highest BCUT2D eigenvalue weighted by Crippen LogP contribution is 2.41. The van der Waals surface area contributed by atoms with Crippen LogP contribution in [0.25, 0.3) is 54.0 Å². The highest BCUT2D eigenvalue weighted by molar-refractivity contribution is 6.25. The van der Waals surface area contributed by atoms with Gasteiger partial charge in [-0.15, -0.1) is 0 Å². The summed E-state index contributed by atoms with van der Waals surface area (Å²) >= 11 is 0. The lowest BCUT2D eigenvalue weighted by atomic mass is 9.88. The molecule has 6 aromatic rings. The van der Waals surface area contributed by atoms with Crippen LogP contribution in [0.1, 0.15) is 51.3 Å². The Hall–Kier alpha value is -3.71. The van der Waals surface area contributed by atoms with E-state index in [0.29, 0.717) is 6.42 Å². The van der Waals surface area contributed by atoms with E-state index in [1.54, 1.807) is 0 Å². The molecule has 0 saturated carbocycles. The van der Waals surface area contributed by atoms with Crippen LogP contribution in [0.3, 0.4) is 0 Å². The van der Waals surface area contributed by atoms with Crippen molar-refractivity contribution in [2.45, 2.75) is 59.9 Å². The van der Waals surface area contributed by atoms with Gasteiger partial charge in [0.05, 0.1) is 35.4 Å². The minimum atomic E-state index is -0.459. The van der Waals surface area contributed by atoms with E-state index < -0.39 is 5.54 Å². The van der Waals surface area contributed by atoms with E-state index in [0.717, 1.165) is 17.5 Å². The zero-order valence-corrected chi connectivity index (χ0v) is 22.3. The largest absolute Gasteiger partial charge is 0.311 e. The number of fused-ring (bicyclic) bond motifs is 5. The Labute approximate surface area is 212 Å². The molecule has 36 heavy (non-hydrogen) atoms. The molecular weight excluding hydrogens is 440 g/mol. The molecule has 0 bridgehead atoms. The van der Waals surface area contributed by atoms with Crippen LogP contribution >= 0.6 is 0 Å². The van der Waals surface area contributed by atoms with Crippen LogP contribution in [-0.4, -0.2) is 14.9 Å². The summed E-state index contributed by atoms with van der Waals surface area (Å²) in [6.45, 7) is 20.8. The molecule has 0 N–H and O–H groups in total. The number of rotatable bonds is 3. The van der Waals surface area contributed by atoms with Gasteiger partial charge < -0.3 is 9.25 Å². The molecule has 0 radical (unpaired) electrons. The van der Waals surface area contributed by atoms with Crippen molar-refractivity contribution in [3.8, 4) is 0 Å². The summed E-state index contributed by atoms with van der Waals surface area (Å²) in [7, 11) is 2.10. The van der Waals surface area contributed by atoms with Gasteiger partial charge >= 0.3 is 0 Å². The van der Waals surface area contributed by atoms with E-state index in [9.17, 15) is 0 Å². The maximum absolute atomic E-state index is 7.68. The van der Waals surface area contributed by atoms with Crippen LogP contribution < -0.4 is 4.57 Å². The van der Waals surface area contributed by atoms with Crippen molar-refractivity contribution < 1.29 is 4.57 Å². The fourth-order valence-corrected chi connectivity index (χ4v) is 6.04. The number of hydrogen-bond donors (Lipinski definition) is 0. The molecule has 180 valence electrons. The Morgan fingerprint density at radius 1 is 0.889 bits per heavy atom. The number of aryl methyl sites for hydroxylation is 2. The minimum Gasteiger partial charge on any atom is -0.311 e. The van der Waals surface area contributed by atoms with Crippen LogP contribution in [0.4, 0.5) is 0 Å². The fraction of sp³-hybridized carbons (Fsp3) is 0.344. The van der Waals surface area contributed by atoms with Gasteiger partial charge in [-0.1, -0.05) is 45.0 Å². The standard InChI is InChI=1S/C32H33N4/c1-19-9-11-23-22-12-10-20(16-31(2,3)4)14-25(22)36-26-15-21(17-32(5,6)33-7)13-24-28(26)30(27(19)29(23)36)35(8)18-34-24/h9-15,18H,16-17H2,1-6,8H3/q+1. The molecule has 0 aliphatic carbocycles. The fourth-order valence-electron chi connectivity index (χ4n) is 6.04. The zero-order valence-electron chi connectivity index (χ0n) is 22.3. The molecule has 0 amide bonds. The van der Waals surface area contributed by atoms with Gasteiger partial charge in [0, 0.05) is 30.0 Å². The van der Waals surface area contributed by atoms with Crippen molar-refractivity contribution >= 4 is 49.1 Å². The van der Waals surface area contributed by atoms with E-state index in [1.807, 2.05) is 20.2 Å². The average molecular weight is 474 g/mol. The van der Waals surface area contributed by atoms with E-state index in [-0.39, 0.29) is 5.41 Å². The molecule has 0 atom stereocenters. The van der Waals surface area contributed by atoms with Gasteiger partial charge in [-0.05, 0) is 58.6 Å². The molecule has 4 heteroatoms. The van der Waals surface area contributed by atoms with E-state index in [4.69, 9.17) is 11.6 Å². The first kappa shape index (κ1) is 22.7. The van der Waals surface area contributed by atoms with Gasteiger partial charge in [0.25, 0.3) is 6.33 Å². The average Bonchev–Trinajstić information content (AvgIpc) is 3.12. The third-order valence-corrected chi connectivity index (χ3v) is 7.47. The maximum atomic E-state index is 7.68. The quantitative estimate of drug-likeness (QED) is 0.114. The van der Waals surface area contributed by atoms with Crippen LogP contribution in [0.15, 0.2) is 48.8 Å². The molecule has 4 nitrogen and oxygen atoms in total. The highest BCUT2D eigenvalue weighted by atomic mass is 15.0. The Balaban J connectivity index is 1.85. The summed E-state index contributed by atoms with van der Waals surface area (Å²) in [6.07, 6.45) is 3.65. The van der Waals surface area contributed by atoms with E-state index in [2.05, 4.69) is 91.0 Å². The summed E-state index contributed by atoms with van der Waals surface area (Å²) < 4.78 is 4.65. The predicted octanol–water partition coefficient (Wildman–Crippen LogP) is 7.35. The van der Waals surface area contributed by atoms with Gasteiger partial charge in [0.15, 0.2) is 5.52 Å². The molecule has 3 heterocycles. The lowest BCUT2D eigenvalue weighted by molar-refractivity contribution is -0.646. The maximum Gasteiger partial charge on any atom is 0.287 e. The first-order valence-electron chi connectivity index (χ1n) is 12.7. The van der Waals surface area contributed by atoms with Gasteiger partial charge in [0.1, 0.15) is 5.52 Å². The van der Waals surface area contributed by atoms with Crippen molar-refractivity contribution in [2.24, 2.45) is 12.5 Å². The minimum absolute atomic E-state index is 0.214. The molecule has 0 spiro atoms. The number of hydrogen-bond acceptors (Lipinski definition) is 1. The summed E-state index contributed by atoms with van der Waals surface area (Å²) in [5.74, 6) is 0. The predicted molar refractivity (Wildman–Crippen MR) is 150 cm³/mol. The Kier molecular flexibility index (Phi) is 4.67. The summed E-state index contributed by atoms with van der Waals surface area (Å²) in [5, 5.41) is 5.05. The Morgan fingerprint density at radius 3 is 2.33 bits per heavy atom. The molecule has 6 rings (SSSR count). The van der Waals surface area contributed by atoms with E-state index >= 15 is 0 Å². The lowest BCUT2D eigenvalue weighted by Crippen LogP contribution is -2.30. The van der Waals surface area contributed by atoms with Crippen LogP contribution in [-0.2, 0) is 19.9 Å². The molecule has 3 aromatic heterocycles. The van der Waals surface area contributed by atoms with Gasteiger partial charge in [-0.3, -0.25) is 0 Å². The van der Waals surface area contributed by atoms with Crippen molar-refractivity contribution in [1.82, 2.24) is 9.38 Å². The Bertz CT molecular complexity index is 1870. The van der Waals surface area contributed by atoms with Crippen LogP contribution in [0.2, 0.25) is 0 Å². The second-order valence-corrected chi connectivity index (χ2v) is 12.4. The molecule has 3 aromatic carbocycles. The molecule has 0 fully saturated rings. The number of aromatic nitrogens is 3. The molecule has 0 saturated heterocycles. The summed E-state index contributed by atoms with van der Waals surface area (Å²) in [6, 6.07) is 16.0. The third kappa shape index (κ3) is 3.33. The number of nitrogens with zero attached hydrogens (tertiary/aromatic N) is 4. The molecule has 0 aliphatic heterocycles. The molecular formula is C32H33N4+. The summed E-state index contributed by atoms with van der Waals surface area (Å²) in [4.78, 5) is 8.76. The molecule has 0 unspecified atom stereocenters. The topological polar surface area (TPSA) is 25.5 Å². The number of pyridine rings is 1.